The third-order valence-corrected chi connectivity index (χ3v) is 13.5. The highest BCUT2D eigenvalue weighted by atomic mass is 16.5. The summed E-state index contributed by atoms with van der Waals surface area (Å²) in [6, 6.07) is 12.7. The Morgan fingerprint density at radius 3 is 2.40 bits per heavy atom. The first-order valence-corrected chi connectivity index (χ1v) is 22.1. The number of aromatic amines is 2. The fourth-order valence-electron chi connectivity index (χ4n) is 10.1. The number of hydrogen-bond acceptors (Lipinski definition) is 10. The molecule has 3 aromatic carbocycles. The van der Waals surface area contributed by atoms with E-state index in [0.29, 0.717) is 45.0 Å². The van der Waals surface area contributed by atoms with Crippen LogP contribution in [0.5, 0.6) is 5.75 Å². The number of carbonyl (C=O) groups excluding carboxylic acids is 4. The molecule has 16 nitrogen and oxygen atoms in total. The lowest BCUT2D eigenvalue weighted by Gasteiger charge is -2.34. The van der Waals surface area contributed by atoms with E-state index in [2.05, 4.69) is 63.9 Å². The maximum atomic E-state index is 14.3. The van der Waals surface area contributed by atoms with E-state index in [0.717, 1.165) is 80.6 Å². The summed E-state index contributed by atoms with van der Waals surface area (Å²) in [5.74, 6) is 1.97. The molecule has 0 spiro atoms. The number of methoxy groups -OCH3 is 2. The number of benzene rings is 3. The molecule has 2 unspecified atom stereocenters. The van der Waals surface area contributed by atoms with Crippen LogP contribution in [0.15, 0.2) is 48.7 Å². The normalized spacial score (nSPS) is 22.1. The van der Waals surface area contributed by atoms with E-state index in [1.54, 1.807) is 0 Å². The van der Waals surface area contributed by atoms with E-state index in [1.807, 2.05) is 42.8 Å². The zero-order valence-corrected chi connectivity index (χ0v) is 36.7. The first kappa shape index (κ1) is 42.2. The van der Waals surface area contributed by atoms with Crippen LogP contribution in [-0.4, -0.2) is 106 Å². The molecule has 9 rings (SSSR count). The van der Waals surface area contributed by atoms with Crippen molar-refractivity contribution in [3.63, 3.8) is 0 Å². The molecule has 4 N–H and O–H groups in total. The molecule has 4 aliphatic heterocycles. The summed E-state index contributed by atoms with van der Waals surface area (Å²) in [5.41, 5.74) is 6.58. The summed E-state index contributed by atoms with van der Waals surface area (Å²) in [6.07, 6.45) is 4.23. The van der Waals surface area contributed by atoms with E-state index in [4.69, 9.17) is 28.9 Å². The third-order valence-electron chi connectivity index (χ3n) is 13.5. The Hall–Kier alpha value is -6.16. The summed E-state index contributed by atoms with van der Waals surface area (Å²) < 4.78 is 21.8. The van der Waals surface area contributed by atoms with E-state index >= 15 is 0 Å². The van der Waals surface area contributed by atoms with Crippen molar-refractivity contribution < 1.29 is 38.1 Å². The second-order valence-electron chi connectivity index (χ2n) is 18.0. The van der Waals surface area contributed by atoms with E-state index in [9.17, 15) is 19.2 Å². The SMILES string of the molecule is COC(=O)NC(C(=O)N1[C@@H](C)CC[C@H]1c1ncc(-c2ccc3c(c2)COc2cc4c(ccc5[nH]c([C@@H]6C[C@H](C)CN6C(=O)C(NC(=O)OC)C6CCOCC6)nc54)cc2-3)[nH]1)C(C)C. The van der Waals surface area contributed by atoms with Gasteiger partial charge in [-0.3, -0.25) is 9.59 Å². The molecule has 332 valence electrons. The van der Waals surface area contributed by atoms with Gasteiger partial charge in [-0.25, -0.2) is 19.6 Å². The van der Waals surface area contributed by atoms with Gasteiger partial charge in [0.2, 0.25) is 11.8 Å². The number of aromatic nitrogens is 4. The standard InChI is InChI=1S/C47H56N8O8/c1-24(2)39(52-46(58)60-5)45(57)55-26(4)7-12-36(55)42-48-21-35(50-42)29-8-10-31-30(18-29)23-63-38-20-32-28(19-33(31)38)9-11-34-41(32)51-43(49-34)37-17-25(3)22-54(37)44(56)40(53-47(59)61-6)27-13-15-62-16-14-27/h8-11,18-21,24-27,36-37,39-40H,7,12-17,22-23H2,1-6H3,(H,48,50)(H,49,51)(H,52,58)(H,53,59)/t25-,26-,36-,37-,39?,40?/m0/s1. The number of carbonyl (C=O) groups is 4. The Labute approximate surface area is 365 Å². The molecular formula is C47H56N8O8. The third kappa shape index (κ3) is 7.93. The lowest BCUT2D eigenvalue weighted by Crippen LogP contribution is -2.53. The molecule has 2 aromatic heterocycles. The van der Waals surface area contributed by atoms with Crippen LogP contribution < -0.4 is 15.4 Å². The molecule has 5 aromatic rings. The summed E-state index contributed by atoms with van der Waals surface area (Å²) >= 11 is 0. The molecule has 0 bridgehead atoms. The molecule has 3 fully saturated rings. The average molecular weight is 861 g/mol. The Bertz CT molecular complexity index is 2560. The second-order valence-corrected chi connectivity index (χ2v) is 18.0. The molecule has 63 heavy (non-hydrogen) atoms. The van der Waals surface area contributed by atoms with Gasteiger partial charge in [-0.2, -0.15) is 0 Å². The molecule has 4 amide bonds. The Morgan fingerprint density at radius 1 is 0.857 bits per heavy atom. The number of ether oxygens (including phenoxy) is 4. The van der Waals surface area contributed by atoms with Crippen LogP contribution in [0.1, 0.15) is 89.1 Å². The maximum absolute atomic E-state index is 14.3. The number of amides is 4. The summed E-state index contributed by atoms with van der Waals surface area (Å²) in [4.78, 5) is 73.5. The van der Waals surface area contributed by atoms with E-state index in [-0.39, 0.29) is 47.7 Å². The Morgan fingerprint density at radius 2 is 1.63 bits per heavy atom. The van der Waals surface area contributed by atoms with E-state index < -0.39 is 24.3 Å². The highest BCUT2D eigenvalue weighted by Gasteiger charge is 2.43. The first-order valence-electron chi connectivity index (χ1n) is 22.1. The minimum atomic E-state index is -0.720. The van der Waals surface area contributed by atoms with Crippen molar-refractivity contribution in [3.05, 3.63) is 65.9 Å². The molecular weight excluding hydrogens is 805 g/mol. The topological polar surface area (TPSA) is 193 Å². The molecule has 6 atom stereocenters. The van der Waals surface area contributed by atoms with Gasteiger partial charge in [0.25, 0.3) is 0 Å². The average Bonchev–Trinajstić information content (AvgIpc) is 4.12. The molecule has 3 saturated heterocycles. The highest BCUT2D eigenvalue weighted by molar-refractivity contribution is 6.07. The number of fused-ring (bicyclic) bond motifs is 6. The molecule has 0 radical (unpaired) electrons. The molecule has 16 heteroatoms. The number of H-pyrrole nitrogens is 2. The van der Waals surface area contributed by atoms with Crippen molar-refractivity contribution in [3.8, 4) is 28.1 Å². The minimum absolute atomic E-state index is 0.0179. The van der Waals surface area contributed by atoms with Gasteiger partial charge in [0, 0.05) is 36.8 Å². The number of rotatable bonds is 9. The number of nitrogens with one attached hydrogen (secondary N) is 4. The first-order chi connectivity index (χ1) is 30.4. The quantitative estimate of drug-likeness (QED) is 0.118. The largest absolute Gasteiger partial charge is 0.488 e. The van der Waals surface area contributed by atoms with Crippen LogP contribution in [0.4, 0.5) is 9.59 Å². The minimum Gasteiger partial charge on any atom is -0.488 e. The van der Waals surface area contributed by atoms with Crippen LogP contribution in [0, 0.1) is 17.8 Å². The van der Waals surface area contributed by atoms with Gasteiger partial charge >= 0.3 is 12.2 Å². The number of alkyl carbamates (subject to hydrolysis) is 2. The van der Waals surface area contributed by atoms with Gasteiger partial charge in [-0.05, 0) is 103 Å². The lowest BCUT2D eigenvalue weighted by molar-refractivity contribution is -0.138. The van der Waals surface area contributed by atoms with Gasteiger partial charge in [0.15, 0.2) is 0 Å². The fraction of sp³-hybridized carbons (Fsp3) is 0.489. The second kappa shape index (κ2) is 17.2. The van der Waals surface area contributed by atoms with Crippen LogP contribution in [-0.2, 0) is 30.4 Å². The maximum Gasteiger partial charge on any atom is 0.407 e. The smallest absolute Gasteiger partial charge is 0.407 e. The number of imidazole rings is 2. The monoisotopic (exact) mass is 860 g/mol. The van der Waals surface area contributed by atoms with E-state index in [1.165, 1.54) is 14.2 Å². The highest BCUT2D eigenvalue weighted by Crippen LogP contribution is 2.44. The van der Waals surface area contributed by atoms with Gasteiger partial charge in [0.1, 0.15) is 36.1 Å². The summed E-state index contributed by atoms with van der Waals surface area (Å²) in [5, 5.41) is 7.54. The number of hydrogen-bond donors (Lipinski definition) is 4. The number of nitrogens with zero attached hydrogens (tertiary/aromatic N) is 4. The van der Waals surface area contributed by atoms with Crippen LogP contribution in [0.3, 0.4) is 0 Å². The Kier molecular flexibility index (Phi) is 11.5. The van der Waals surface area contributed by atoms with Crippen molar-refractivity contribution in [2.24, 2.45) is 17.8 Å². The van der Waals surface area contributed by atoms with Crippen LogP contribution in [0.2, 0.25) is 0 Å². The summed E-state index contributed by atoms with van der Waals surface area (Å²) in [6.45, 7) is 10.0. The lowest BCUT2D eigenvalue weighted by atomic mass is 9.90. The fourth-order valence-corrected chi connectivity index (χ4v) is 10.1. The van der Waals surface area contributed by atoms with Gasteiger partial charge in [-0.15, -0.1) is 0 Å². The molecule has 0 aliphatic carbocycles. The van der Waals surface area contributed by atoms with Gasteiger partial charge in [-0.1, -0.05) is 39.0 Å². The Balaban J connectivity index is 0.964. The molecule has 6 heterocycles. The van der Waals surface area contributed by atoms with Crippen molar-refractivity contribution in [2.75, 3.05) is 34.0 Å². The number of likely N-dealkylation sites (tertiary alicyclic amines) is 2. The van der Waals surface area contributed by atoms with Crippen LogP contribution in [0.25, 0.3) is 44.2 Å². The van der Waals surface area contributed by atoms with Crippen molar-refractivity contribution in [2.45, 2.75) is 96.6 Å². The van der Waals surface area contributed by atoms with Gasteiger partial charge < -0.3 is 49.3 Å². The van der Waals surface area contributed by atoms with Crippen molar-refractivity contribution >= 4 is 45.8 Å². The molecule has 4 aliphatic rings. The predicted octanol–water partition coefficient (Wildman–Crippen LogP) is 7.16. The van der Waals surface area contributed by atoms with Gasteiger partial charge in [0.05, 0.1) is 49.2 Å². The zero-order valence-electron chi connectivity index (χ0n) is 36.7. The van der Waals surface area contributed by atoms with Crippen molar-refractivity contribution in [1.82, 2.24) is 40.4 Å². The predicted molar refractivity (Wildman–Crippen MR) is 235 cm³/mol. The van der Waals surface area contributed by atoms with Crippen molar-refractivity contribution in [1.29, 1.82) is 0 Å². The molecule has 0 saturated carbocycles. The van der Waals surface area contributed by atoms with Crippen LogP contribution >= 0.6 is 0 Å². The summed E-state index contributed by atoms with van der Waals surface area (Å²) in [7, 11) is 2.60. The zero-order chi connectivity index (χ0) is 44.1.